The Kier molecular flexibility index (Phi) is 6.81. The summed E-state index contributed by atoms with van der Waals surface area (Å²) in [6.07, 6.45) is 4.54. The van der Waals surface area contributed by atoms with Crippen LogP contribution < -0.4 is 4.74 Å². The van der Waals surface area contributed by atoms with Crippen molar-refractivity contribution in [2.24, 2.45) is 5.92 Å². The summed E-state index contributed by atoms with van der Waals surface area (Å²) < 4.78 is 17.1. The largest absolute Gasteiger partial charge is 0.423 e. The average molecular weight is 354 g/mol. The lowest BCUT2D eigenvalue weighted by Gasteiger charge is -2.29. The molecule has 0 saturated carbocycles. The van der Waals surface area contributed by atoms with Crippen LogP contribution in [0.5, 0.6) is 5.75 Å². The Labute approximate surface area is 155 Å². The number of esters is 1. The number of unbranched alkanes of at least 4 members (excludes halogenated alkanes) is 2. The van der Waals surface area contributed by atoms with Gasteiger partial charge in [0.15, 0.2) is 6.29 Å². The predicted octanol–water partition coefficient (Wildman–Crippen LogP) is 5.15. The number of carbonyl (C=O) groups is 1. The third kappa shape index (κ3) is 5.16. The van der Waals surface area contributed by atoms with E-state index in [1.807, 2.05) is 30.3 Å². The van der Waals surface area contributed by atoms with Crippen LogP contribution in [0, 0.1) is 5.92 Å². The zero-order valence-electron chi connectivity index (χ0n) is 15.2. The normalized spacial score (nSPS) is 19.9. The molecule has 1 saturated heterocycles. The zero-order chi connectivity index (χ0) is 18.2. The first kappa shape index (κ1) is 18.6. The predicted molar refractivity (Wildman–Crippen MR) is 100 cm³/mol. The second-order valence-electron chi connectivity index (χ2n) is 6.68. The molecule has 1 aliphatic rings. The van der Waals surface area contributed by atoms with E-state index in [0.717, 1.165) is 25.2 Å². The van der Waals surface area contributed by atoms with E-state index in [4.69, 9.17) is 14.2 Å². The van der Waals surface area contributed by atoms with E-state index < -0.39 is 0 Å². The van der Waals surface area contributed by atoms with Crippen molar-refractivity contribution >= 4 is 5.97 Å². The molecule has 26 heavy (non-hydrogen) atoms. The second kappa shape index (κ2) is 9.51. The summed E-state index contributed by atoms with van der Waals surface area (Å²) in [5.41, 5.74) is 1.43. The molecule has 1 fully saturated rings. The highest BCUT2D eigenvalue weighted by molar-refractivity contribution is 5.91. The summed E-state index contributed by atoms with van der Waals surface area (Å²) in [4.78, 5) is 12.2. The molecule has 2 aromatic rings. The fraction of sp³-hybridized carbons (Fsp3) is 0.409. The van der Waals surface area contributed by atoms with Gasteiger partial charge in [-0.1, -0.05) is 56.5 Å². The van der Waals surface area contributed by atoms with Gasteiger partial charge in [-0.15, -0.1) is 0 Å². The SMILES string of the molecule is CCCCC[C@H]1CO[C@H](c2ccc(C(=O)Oc3ccccc3)cc2)OC1. The van der Waals surface area contributed by atoms with Crippen LogP contribution in [-0.4, -0.2) is 19.2 Å². The van der Waals surface area contributed by atoms with Crippen molar-refractivity contribution in [2.45, 2.75) is 38.9 Å². The lowest BCUT2D eigenvalue weighted by Crippen LogP contribution is -2.27. The Morgan fingerprint density at radius 2 is 1.69 bits per heavy atom. The van der Waals surface area contributed by atoms with Gasteiger partial charge in [0.25, 0.3) is 0 Å². The first-order chi connectivity index (χ1) is 12.8. The summed E-state index contributed by atoms with van der Waals surface area (Å²) in [7, 11) is 0. The number of rotatable bonds is 7. The van der Waals surface area contributed by atoms with Crippen LogP contribution in [0.1, 0.15) is 54.8 Å². The minimum Gasteiger partial charge on any atom is -0.423 e. The van der Waals surface area contributed by atoms with Crippen molar-refractivity contribution in [3.63, 3.8) is 0 Å². The van der Waals surface area contributed by atoms with E-state index in [9.17, 15) is 4.79 Å². The van der Waals surface area contributed by atoms with Crippen molar-refractivity contribution in [3.8, 4) is 5.75 Å². The van der Waals surface area contributed by atoms with E-state index in [2.05, 4.69) is 6.92 Å². The van der Waals surface area contributed by atoms with Crippen molar-refractivity contribution in [1.29, 1.82) is 0 Å². The number of hydrogen-bond acceptors (Lipinski definition) is 4. The van der Waals surface area contributed by atoms with Crippen LogP contribution in [0.15, 0.2) is 54.6 Å². The molecule has 138 valence electrons. The molecule has 0 radical (unpaired) electrons. The molecule has 1 heterocycles. The van der Waals surface area contributed by atoms with Crippen molar-refractivity contribution in [1.82, 2.24) is 0 Å². The van der Waals surface area contributed by atoms with Gasteiger partial charge in [0.2, 0.25) is 0 Å². The first-order valence-electron chi connectivity index (χ1n) is 9.36. The third-order valence-electron chi connectivity index (χ3n) is 4.55. The molecule has 0 N–H and O–H groups in total. The Hall–Kier alpha value is -2.17. The smallest absolute Gasteiger partial charge is 0.343 e. The van der Waals surface area contributed by atoms with Crippen molar-refractivity contribution < 1.29 is 19.0 Å². The van der Waals surface area contributed by atoms with Gasteiger partial charge < -0.3 is 14.2 Å². The van der Waals surface area contributed by atoms with Crippen molar-refractivity contribution in [2.75, 3.05) is 13.2 Å². The number of carbonyl (C=O) groups excluding carboxylic acids is 1. The highest BCUT2D eigenvalue weighted by Crippen LogP contribution is 2.27. The molecule has 0 spiro atoms. The summed E-state index contributed by atoms with van der Waals surface area (Å²) in [5, 5.41) is 0. The average Bonchev–Trinajstić information content (AvgIpc) is 2.70. The monoisotopic (exact) mass is 354 g/mol. The van der Waals surface area contributed by atoms with E-state index in [1.165, 1.54) is 19.3 Å². The summed E-state index contributed by atoms with van der Waals surface area (Å²) >= 11 is 0. The van der Waals surface area contributed by atoms with Crippen LogP contribution in [0.25, 0.3) is 0 Å². The Balaban J connectivity index is 1.51. The van der Waals surface area contributed by atoms with Crippen LogP contribution in [0.2, 0.25) is 0 Å². The molecule has 0 unspecified atom stereocenters. The highest BCUT2D eigenvalue weighted by Gasteiger charge is 2.23. The van der Waals surface area contributed by atoms with Gasteiger partial charge >= 0.3 is 5.97 Å². The maximum Gasteiger partial charge on any atom is 0.343 e. The van der Waals surface area contributed by atoms with Gasteiger partial charge in [0.05, 0.1) is 18.8 Å². The van der Waals surface area contributed by atoms with Gasteiger partial charge in [0, 0.05) is 11.5 Å². The fourth-order valence-electron chi connectivity index (χ4n) is 3.02. The van der Waals surface area contributed by atoms with Gasteiger partial charge in [-0.3, -0.25) is 0 Å². The number of hydrogen-bond donors (Lipinski definition) is 0. The Bertz CT molecular complexity index is 673. The lowest BCUT2D eigenvalue weighted by molar-refractivity contribution is -0.206. The van der Waals surface area contributed by atoms with E-state index in [-0.39, 0.29) is 12.3 Å². The maximum atomic E-state index is 12.2. The van der Waals surface area contributed by atoms with Gasteiger partial charge in [-0.05, 0) is 30.7 Å². The Morgan fingerprint density at radius 3 is 2.35 bits per heavy atom. The molecule has 0 amide bonds. The fourth-order valence-corrected chi connectivity index (χ4v) is 3.02. The number of benzene rings is 2. The molecule has 3 rings (SSSR count). The standard InChI is InChI=1S/C22H26O4/c1-2-3-5-8-17-15-24-22(25-16-17)19-13-11-18(12-14-19)21(23)26-20-9-6-4-7-10-20/h4,6-7,9-14,17,22H,2-3,5,8,15-16H2,1H3/t17-,22-. The minimum absolute atomic E-state index is 0.350. The van der Waals surface area contributed by atoms with E-state index >= 15 is 0 Å². The van der Waals surface area contributed by atoms with Crippen LogP contribution in [-0.2, 0) is 9.47 Å². The third-order valence-corrected chi connectivity index (χ3v) is 4.55. The highest BCUT2D eigenvalue weighted by atomic mass is 16.7. The van der Waals surface area contributed by atoms with Gasteiger partial charge in [-0.2, -0.15) is 0 Å². The minimum atomic E-state index is -0.371. The van der Waals surface area contributed by atoms with Crippen molar-refractivity contribution in [3.05, 3.63) is 65.7 Å². The molecule has 0 aromatic heterocycles. The number of para-hydroxylation sites is 1. The quantitative estimate of drug-likeness (QED) is 0.392. The molecule has 4 nitrogen and oxygen atoms in total. The van der Waals surface area contributed by atoms with Crippen LogP contribution in [0.3, 0.4) is 0 Å². The topological polar surface area (TPSA) is 44.8 Å². The maximum absolute atomic E-state index is 12.2. The molecule has 0 bridgehead atoms. The molecule has 4 heteroatoms. The lowest BCUT2D eigenvalue weighted by atomic mass is 10.0. The second-order valence-corrected chi connectivity index (χ2v) is 6.68. The summed E-state index contributed by atoms with van der Waals surface area (Å²) in [6.45, 7) is 3.67. The van der Waals surface area contributed by atoms with Gasteiger partial charge in [0.1, 0.15) is 5.75 Å². The first-order valence-corrected chi connectivity index (χ1v) is 9.36. The molecule has 1 aliphatic heterocycles. The summed E-state index contributed by atoms with van der Waals surface area (Å²) in [6, 6.07) is 16.3. The van der Waals surface area contributed by atoms with Gasteiger partial charge in [-0.25, -0.2) is 4.79 Å². The molecular formula is C22H26O4. The molecule has 0 aliphatic carbocycles. The van der Waals surface area contributed by atoms with E-state index in [0.29, 0.717) is 17.2 Å². The molecular weight excluding hydrogens is 328 g/mol. The van der Waals surface area contributed by atoms with Crippen LogP contribution in [0.4, 0.5) is 0 Å². The molecule has 2 aromatic carbocycles. The Morgan fingerprint density at radius 1 is 1.00 bits per heavy atom. The zero-order valence-corrected chi connectivity index (χ0v) is 15.2. The van der Waals surface area contributed by atoms with Crippen LogP contribution >= 0.6 is 0 Å². The number of ether oxygens (including phenoxy) is 3. The summed E-state index contributed by atoms with van der Waals surface area (Å²) in [5.74, 6) is 0.650. The van der Waals surface area contributed by atoms with E-state index in [1.54, 1.807) is 24.3 Å². The molecule has 0 atom stereocenters.